The van der Waals surface area contributed by atoms with Crippen molar-refractivity contribution < 1.29 is 9.32 Å². The van der Waals surface area contributed by atoms with Crippen LogP contribution in [0.5, 0.6) is 0 Å². The SMILES string of the molecule is Cc1cc(=O)[nH]c(S[C@H](C)C(=O)NCCc2nc(C3CC3)no2)n1. The van der Waals surface area contributed by atoms with Crippen LogP contribution in [0.4, 0.5) is 0 Å². The van der Waals surface area contributed by atoms with Crippen LogP contribution >= 0.6 is 11.8 Å². The summed E-state index contributed by atoms with van der Waals surface area (Å²) in [7, 11) is 0. The number of rotatable bonds is 7. The number of aromatic amines is 1. The Morgan fingerprint density at radius 1 is 1.50 bits per heavy atom. The Bertz CT molecular complexity index is 783. The third-order valence-corrected chi connectivity index (χ3v) is 4.55. The third-order valence-electron chi connectivity index (χ3n) is 3.57. The van der Waals surface area contributed by atoms with Crippen molar-refractivity contribution in [3.05, 3.63) is 33.8 Å². The van der Waals surface area contributed by atoms with Gasteiger partial charge in [0.1, 0.15) is 0 Å². The highest BCUT2D eigenvalue weighted by Crippen LogP contribution is 2.38. The molecule has 24 heavy (non-hydrogen) atoms. The van der Waals surface area contributed by atoms with Gasteiger partial charge in [-0.1, -0.05) is 16.9 Å². The Labute approximate surface area is 142 Å². The monoisotopic (exact) mass is 349 g/mol. The van der Waals surface area contributed by atoms with E-state index in [2.05, 4.69) is 25.4 Å². The van der Waals surface area contributed by atoms with Gasteiger partial charge in [-0.3, -0.25) is 9.59 Å². The molecule has 1 amide bonds. The van der Waals surface area contributed by atoms with E-state index < -0.39 is 0 Å². The summed E-state index contributed by atoms with van der Waals surface area (Å²) >= 11 is 1.21. The molecule has 8 nitrogen and oxygen atoms in total. The number of H-pyrrole nitrogens is 1. The lowest BCUT2D eigenvalue weighted by Gasteiger charge is -2.10. The van der Waals surface area contributed by atoms with E-state index in [0.29, 0.717) is 35.6 Å². The minimum absolute atomic E-state index is 0.133. The number of carbonyl (C=O) groups excluding carboxylic acids is 1. The molecule has 9 heteroatoms. The standard InChI is InChI=1S/C15H19N5O3S/c1-8-7-11(21)18-15(17-8)24-9(2)14(22)16-6-5-12-19-13(20-23-12)10-3-4-10/h7,9-10H,3-6H2,1-2H3,(H,16,22)(H,17,18,21)/t9-/m1/s1. The highest BCUT2D eigenvalue weighted by molar-refractivity contribution is 8.00. The lowest BCUT2D eigenvalue weighted by atomic mass is 10.3. The van der Waals surface area contributed by atoms with Crippen LogP contribution in [0.3, 0.4) is 0 Å². The zero-order valence-corrected chi connectivity index (χ0v) is 14.4. The smallest absolute Gasteiger partial charge is 0.251 e. The van der Waals surface area contributed by atoms with Gasteiger partial charge in [-0.2, -0.15) is 4.98 Å². The number of aromatic nitrogens is 4. The molecule has 0 spiro atoms. The van der Waals surface area contributed by atoms with Crippen molar-refractivity contribution >= 4 is 17.7 Å². The van der Waals surface area contributed by atoms with Crippen LogP contribution in [-0.4, -0.2) is 37.8 Å². The topological polar surface area (TPSA) is 114 Å². The van der Waals surface area contributed by atoms with Crippen LogP contribution < -0.4 is 10.9 Å². The molecule has 2 N–H and O–H groups in total. The Morgan fingerprint density at radius 3 is 3.00 bits per heavy atom. The van der Waals surface area contributed by atoms with Crippen molar-refractivity contribution in [2.45, 2.75) is 49.4 Å². The summed E-state index contributed by atoms with van der Waals surface area (Å²) in [6, 6.07) is 1.41. The first-order valence-electron chi connectivity index (χ1n) is 7.86. The van der Waals surface area contributed by atoms with Crippen molar-refractivity contribution in [1.29, 1.82) is 0 Å². The second kappa shape index (κ2) is 7.16. The van der Waals surface area contributed by atoms with Crippen molar-refractivity contribution in [3.63, 3.8) is 0 Å². The predicted molar refractivity (Wildman–Crippen MR) is 87.9 cm³/mol. The molecule has 2 aromatic heterocycles. The summed E-state index contributed by atoms with van der Waals surface area (Å²) in [5.41, 5.74) is 0.400. The first-order valence-corrected chi connectivity index (χ1v) is 8.74. The van der Waals surface area contributed by atoms with Crippen LogP contribution in [0, 0.1) is 6.92 Å². The molecule has 3 rings (SSSR count). The Morgan fingerprint density at radius 2 is 2.29 bits per heavy atom. The lowest BCUT2D eigenvalue weighted by Crippen LogP contribution is -2.32. The molecule has 0 bridgehead atoms. The summed E-state index contributed by atoms with van der Waals surface area (Å²) in [5.74, 6) is 1.64. The van der Waals surface area contributed by atoms with E-state index in [1.165, 1.54) is 17.8 Å². The van der Waals surface area contributed by atoms with Crippen molar-refractivity contribution in [2.24, 2.45) is 0 Å². The molecule has 1 aliphatic carbocycles. The molecule has 1 aliphatic rings. The van der Waals surface area contributed by atoms with Crippen molar-refractivity contribution in [3.8, 4) is 0 Å². The molecule has 0 radical (unpaired) electrons. The normalized spacial score (nSPS) is 15.2. The molecule has 1 fully saturated rings. The van der Waals surface area contributed by atoms with E-state index in [1.807, 2.05) is 0 Å². The fraction of sp³-hybridized carbons (Fsp3) is 0.533. The molecule has 2 heterocycles. The van der Waals surface area contributed by atoms with Gasteiger partial charge in [0.2, 0.25) is 11.8 Å². The fourth-order valence-electron chi connectivity index (χ4n) is 2.14. The minimum atomic E-state index is -0.375. The maximum absolute atomic E-state index is 12.1. The van der Waals surface area contributed by atoms with E-state index in [9.17, 15) is 9.59 Å². The summed E-state index contributed by atoms with van der Waals surface area (Å²) in [6.07, 6.45) is 2.75. The number of amides is 1. The second-order valence-corrected chi connectivity index (χ2v) is 7.14. The zero-order chi connectivity index (χ0) is 17.1. The first kappa shape index (κ1) is 16.7. The Balaban J connectivity index is 1.45. The molecule has 1 saturated carbocycles. The van der Waals surface area contributed by atoms with E-state index in [-0.39, 0.29) is 16.7 Å². The molecule has 2 aromatic rings. The maximum atomic E-state index is 12.1. The second-order valence-electron chi connectivity index (χ2n) is 5.81. The average Bonchev–Trinajstić information content (AvgIpc) is 3.26. The number of nitrogens with zero attached hydrogens (tertiary/aromatic N) is 3. The fourth-order valence-corrected chi connectivity index (χ4v) is 3.02. The van der Waals surface area contributed by atoms with Gasteiger partial charge in [-0.15, -0.1) is 0 Å². The van der Waals surface area contributed by atoms with E-state index in [0.717, 1.165) is 18.7 Å². The van der Waals surface area contributed by atoms with Crippen molar-refractivity contribution in [2.75, 3.05) is 6.54 Å². The number of nitrogens with one attached hydrogen (secondary N) is 2. The summed E-state index contributed by atoms with van der Waals surface area (Å²) in [5, 5.41) is 6.83. The number of hydrogen-bond donors (Lipinski definition) is 2. The number of hydrogen-bond acceptors (Lipinski definition) is 7. The highest BCUT2D eigenvalue weighted by Gasteiger charge is 2.28. The van der Waals surface area contributed by atoms with E-state index in [1.54, 1.807) is 13.8 Å². The average molecular weight is 349 g/mol. The molecule has 0 aliphatic heterocycles. The van der Waals surface area contributed by atoms with Crippen LogP contribution in [0.15, 0.2) is 20.5 Å². The summed E-state index contributed by atoms with van der Waals surface area (Å²) < 4.78 is 5.16. The molecule has 0 aromatic carbocycles. The van der Waals surface area contributed by atoms with Gasteiger partial charge in [0, 0.05) is 30.6 Å². The van der Waals surface area contributed by atoms with E-state index in [4.69, 9.17) is 4.52 Å². The predicted octanol–water partition coefficient (Wildman–Crippen LogP) is 1.18. The molecular weight excluding hydrogens is 330 g/mol. The molecule has 0 unspecified atom stereocenters. The maximum Gasteiger partial charge on any atom is 0.251 e. The van der Waals surface area contributed by atoms with Gasteiger partial charge < -0.3 is 14.8 Å². The van der Waals surface area contributed by atoms with Crippen LogP contribution in [0.1, 0.15) is 43.1 Å². The van der Waals surface area contributed by atoms with Gasteiger partial charge in [0.05, 0.1) is 5.25 Å². The lowest BCUT2D eigenvalue weighted by molar-refractivity contribution is -0.120. The van der Waals surface area contributed by atoms with E-state index >= 15 is 0 Å². The summed E-state index contributed by atoms with van der Waals surface area (Å²) in [6.45, 7) is 3.93. The number of thioether (sulfide) groups is 1. The van der Waals surface area contributed by atoms with Crippen LogP contribution in [0.25, 0.3) is 0 Å². The van der Waals surface area contributed by atoms with Gasteiger partial charge in [0.25, 0.3) is 5.56 Å². The molecular formula is C15H19N5O3S. The Hall–Kier alpha value is -2.16. The third kappa shape index (κ3) is 4.44. The molecule has 0 saturated heterocycles. The highest BCUT2D eigenvalue weighted by atomic mass is 32.2. The molecule has 1 atom stereocenters. The largest absolute Gasteiger partial charge is 0.355 e. The van der Waals surface area contributed by atoms with Gasteiger partial charge in [0.15, 0.2) is 11.0 Å². The zero-order valence-electron chi connectivity index (χ0n) is 13.5. The quantitative estimate of drug-likeness (QED) is 0.570. The van der Waals surface area contributed by atoms with Crippen LogP contribution in [-0.2, 0) is 11.2 Å². The van der Waals surface area contributed by atoms with Gasteiger partial charge in [-0.05, 0) is 26.7 Å². The van der Waals surface area contributed by atoms with Gasteiger partial charge in [-0.25, -0.2) is 4.98 Å². The minimum Gasteiger partial charge on any atom is -0.355 e. The van der Waals surface area contributed by atoms with Crippen LogP contribution in [0.2, 0.25) is 0 Å². The number of aryl methyl sites for hydroxylation is 1. The first-order chi connectivity index (χ1) is 11.5. The number of carbonyl (C=O) groups is 1. The molecule has 128 valence electrons. The Kier molecular flexibility index (Phi) is 4.98. The van der Waals surface area contributed by atoms with Crippen molar-refractivity contribution in [1.82, 2.24) is 25.4 Å². The van der Waals surface area contributed by atoms with Gasteiger partial charge >= 0.3 is 0 Å². The summed E-state index contributed by atoms with van der Waals surface area (Å²) in [4.78, 5) is 34.7.